The molecule has 0 bridgehead atoms. The van der Waals surface area contributed by atoms with Crippen LogP contribution in [0.2, 0.25) is 0 Å². The van der Waals surface area contributed by atoms with Crippen LogP contribution in [0, 0.1) is 0 Å². The maximum atomic E-state index is 13.0. The monoisotopic (exact) mass is 327 g/mol. The molecule has 0 unspecified atom stereocenters. The Hall–Kier alpha value is -3.33. The van der Waals surface area contributed by atoms with E-state index in [2.05, 4.69) is 4.57 Å². The fraction of sp³-hybridized carbons (Fsp3) is 0.0455. The average Bonchev–Trinajstić information content (AvgIpc) is 2.69. The van der Waals surface area contributed by atoms with Gasteiger partial charge in [0.2, 0.25) is 0 Å². The smallest absolute Gasteiger partial charge is 0.197 e. The number of hydrogen-bond donors (Lipinski definition) is 0. The minimum Gasteiger partial charge on any atom is -0.497 e. The molecule has 0 atom stereocenters. The number of pyridine rings is 1. The zero-order chi connectivity index (χ0) is 17.2. The first kappa shape index (κ1) is 15.2. The quantitative estimate of drug-likeness (QED) is 0.548. The van der Waals surface area contributed by atoms with Gasteiger partial charge in [0, 0.05) is 22.8 Å². The van der Waals surface area contributed by atoms with Gasteiger partial charge >= 0.3 is 0 Å². The Balaban J connectivity index is 2.02. The maximum absolute atomic E-state index is 13.0. The fourth-order valence-corrected chi connectivity index (χ4v) is 3.06. The average molecular weight is 327 g/mol. The van der Waals surface area contributed by atoms with Gasteiger partial charge in [0.1, 0.15) is 5.75 Å². The predicted molar refractivity (Wildman–Crippen MR) is 102 cm³/mol. The Labute approximate surface area is 145 Å². The van der Waals surface area contributed by atoms with E-state index in [-0.39, 0.29) is 5.43 Å². The lowest BCUT2D eigenvalue weighted by Gasteiger charge is -2.14. The third-order valence-electron chi connectivity index (χ3n) is 4.35. The second kappa shape index (κ2) is 6.29. The summed E-state index contributed by atoms with van der Waals surface area (Å²) in [6.07, 6.45) is 1.92. The number of benzene rings is 3. The van der Waals surface area contributed by atoms with E-state index in [1.807, 2.05) is 85.1 Å². The molecule has 3 heteroatoms. The molecule has 3 aromatic carbocycles. The van der Waals surface area contributed by atoms with Crippen molar-refractivity contribution in [3.8, 4) is 22.6 Å². The molecule has 0 fully saturated rings. The van der Waals surface area contributed by atoms with Crippen molar-refractivity contribution in [3.05, 3.63) is 95.3 Å². The molecule has 1 aromatic heterocycles. The summed E-state index contributed by atoms with van der Waals surface area (Å²) in [4.78, 5) is 13.0. The lowest BCUT2D eigenvalue weighted by Crippen LogP contribution is -2.11. The molecule has 0 N–H and O–H groups in total. The minimum atomic E-state index is 0.0351. The summed E-state index contributed by atoms with van der Waals surface area (Å²) in [7, 11) is 1.63. The SMILES string of the molecule is COc1ccc(-c2cn(-c3ccccc3)c3ccccc3c2=O)cc1. The van der Waals surface area contributed by atoms with Gasteiger partial charge in [-0.25, -0.2) is 0 Å². The zero-order valence-corrected chi connectivity index (χ0v) is 13.8. The molecule has 0 amide bonds. The van der Waals surface area contributed by atoms with Crippen molar-refractivity contribution in [2.45, 2.75) is 0 Å². The summed E-state index contributed by atoms with van der Waals surface area (Å²) < 4.78 is 7.28. The highest BCUT2D eigenvalue weighted by atomic mass is 16.5. The van der Waals surface area contributed by atoms with Crippen molar-refractivity contribution in [2.75, 3.05) is 7.11 Å². The third-order valence-corrected chi connectivity index (χ3v) is 4.35. The van der Waals surface area contributed by atoms with Crippen LogP contribution in [0.3, 0.4) is 0 Å². The normalized spacial score (nSPS) is 10.8. The maximum Gasteiger partial charge on any atom is 0.197 e. The molecule has 1 heterocycles. The lowest BCUT2D eigenvalue weighted by molar-refractivity contribution is 0.415. The van der Waals surface area contributed by atoms with E-state index in [9.17, 15) is 4.79 Å². The first-order valence-corrected chi connectivity index (χ1v) is 8.12. The van der Waals surface area contributed by atoms with E-state index in [1.165, 1.54) is 0 Å². The molecule has 3 nitrogen and oxygen atoms in total. The Kier molecular flexibility index (Phi) is 3.82. The van der Waals surface area contributed by atoms with Crippen LogP contribution in [0.1, 0.15) is 0 Å². The first-order valence-electron chi connectivity index (χ1n) is 8.12. The molecule has 4 aromatic rings. The van der Waals surface area contributed by atoms with E-state index in [0.29, 0.717) is 10.9 Å². The third kappa shape index (κ3) is 2.70. The molecular weight excluding hydrogens is 310 g/mol. The molecule has 4 rings (SSSR count). The number of nitrogens with zero attached hydrogens (tertiary/aromatic N) is 1. The van der Waals surface area contributed by atoms with E-state index in [0.717, 1.165) is 22.5 Å². The number of fused-ring (bicyclic) bond motifs is 1. The van der Waals surface area contributed by atoms with Gasteiger partial charge in [0.05, 0.1) is 12.6 Å². The van der Waals surface area contributed by atoms with Crippen LogP contribution < -0.4 is 10.2 Å². The van der Waals surface area contributed by atoms with E-state index < -0.39 is 0 Å². The molecule has 0 saturated heterocycles. The van der Waals surface area contributed by atoms with E-state index >= 15 is 0 Å². The van der Waals surface area contributed by atoms with Crippen molar-refractivity contribution in [1.82, 2.24) is 4.57 Å². The van der Waals surface area contributed by atoms with Gasteiger partial charge in [-0.2, -0.15) is 0 Å². The molecule has 122 valence electrons. The topological polar surface area (TPSA) is 31.2 Å². The van der Waals surface area contributed by atoms with Crippen molar-refractivity contribution in [2.24, 2.45) is 0 Å². The Morgan fingerprint density at radius 1 is 0.800 bits per heavy atom. The number of methoxy groups -OCH3 is 1. The fourth-order valence-electron chi connectivity index (χ4n) is 3.06. The molecule has 0 aliphatic rings. The van der Waals surface area contributed by atoms with Gasteiger partial charge in [-0.15, -0.1) is 0 Å². The second-order valence-corrected chi connectivity index (χ2v) is 5.82. The first-order chi connectivity index (χ1) is 12.3. The van der Waals surface area contributed by atoms with Gasteiger partial charge in [-0.1, -0.05) is 42.5 Å². The summed E-state index contributed by atoms with van der Waals surface area (Å²) in [5.41, 5.74) is 3.50. The summed E-state index contributed by atoms with van der Waals surface area (Å²) in [6.45, 7) is 0. The predicted octanol–water partition coefficient (Wildman–Crippen LogP) is 4.67. The standard InChI is InChI=1S/C22H17NO2/c1-25-18-13-11-16(12-14-18)20-15-23(17-7-3-2-4-8-17)21-10-6-5-9-19(21)22(20)24/h2-15H,1H3. The highest BCUT2D eigenvalue weighted by molar-refractivity contribution is 5.85. The van der Waals surface area contributed by atoms with Crippen molar-refractivity contribution in [1.29, 1.82) is 0 Å². The van der Waals surface area contributed by atoms with Crippen molar-refractivity contribution < 1.29 is 4.74 Å². The summed E-state index contributed by atoms with van der Waals surface area (Å²) in [6, 6.07) is 25.3. The molecule has 0 saturated carbocycles. The highest BCUT2D eigenvalue weighted by Crippen LogP contribution is 2.24. The van der Waals surface area contributed by atoms with Gasteiger partial charge in [0.25, 0.3) is 0 Å². The number of hydrogen-bond acceptors (Lipinski definition) is 2. The number of ether oxygens (including phenoxy) is 1. The van der Waals surface area contributed by atoms with Crippen molar-refractivity contribution in [3.63, 3.8) is 0 Å². The number of rotatable bonds is 3. The summed E-state index contributed by atoms with van der Waals surface area (Å²) in [5, 5.41) is 0.708. The summed E-state index contributed by atoms with van der Waals surface area (Å²) in [5.74, 6) is 0.771. The van der Waals surface area contributed by atoms with Crippen LogP contribution >= 0.6 is 0 Å². The van der Waals surface area contributed by atoms with Crippen LogP contribution in [0.25, 0.3) is 27.7 Å². The Morgan fingerprint density at radius 3 is 2.20 bits per heavy atom. The summed E-state index contributed by atoms with van der Waals surface area (Å²) >= 11 is 0. The molecule has 0 radical (unpaired) electrons. The second-order valence-electron chi connectivity index (χ2n) is 5.82. The van der Waals surface area contributed by atoms with E-state index in [1.54, 1.807) is 7.11 Å². The minimum absolute atomic E-state index is 0.0351. The molecule has 0 aliphatic heterocycles. The van der Waals surface area contributed by atoms with Gasteiger partial charge in [-0.05, 0) is 42.0 Å². The highest BCUT2D eigenvalue weighted by Gasteiger charge is 2.11. The van der Waals surface area contributed by atoms with Gasteiger partial charge in [0.15, 0.2) is 5.43 Å². The molecular formula is C22H17NO2. The largest absolute Gasteiger partial charge is 0.497 e. The van der Waals surface area contributed by atoms with Crippen LogP contribution in [-0.2, 0) is 0 Å². The number of aromatic nitrogens is 1. The zero-order valence-electron chi connectivity index (χ0n) is 13.8. The Bertz CT molecular complexity index is 1080. The lowest BCUT2D eigenvalue weighted by atomic mass is 10.0. The van der Waals surface area contributed by atoms with Crippen LogP contribution in [0.4, 0.5) is 0 Å². The van der Waals surface area contributed by atoms with Crippen LogP contribution in [0.5, 0.6) is 5.75 Å². The van der Waals surface area contributed by atoms with Crippen molar-refractivity contribution >= 4 is 10.9 Å². The molecule has 25 heavy (non-hydrogen) atoms. The van der Waals surface area contributed by atoms with Crippen LogP contribution in [-0.4, -0.2) is 11.7 Å². The van der Waals surface area contributed by atoms with E-state index in [4.69, 9.17) is 4.74 Å². The molecule has 0 aliphatic carbocycles. The van der Waals surface area contributed by atoms with Gasteiger partial charge < -0.3 is 9.30 Å². The van der Waals surface area contributed by atoms with Crippen LogP contribution in [0.15, 0.2) is 89.9 Å². The molecule has 0 spiro atoms. The number of para-hydroxylation sites is 2. The van der Waals surface area contributed by atoms with Gasteiger partial charge in [-0.3, -0.25) is 4.79 Å². The Morgan fingerprint density at radius 2 is 1.48 bits per heavy atom.